The number of aromatic nitrogens is 1. The van der Waals surface area contributed by atoms with E-state index in [0.29, 0.717) is 17.0 Å². The second-order valence-electron chi connectivity index (χ2n) is 9.13. The maximum Gasteiger partial charge on any atom is 0.416 e. The fourth-order valence-electron chi connectivity index (χ4n) is 4.20. The van der Waals surface area contributed by atoms with Crippen molar-refractivity contribution < 1.29 is 54.2 Å². The molecule has 216 valence electrons. The second-order valence-corrected chi connectivity index (χ2v) is 10.2. The van der Waals surface area contributed by atoms with E-state index in [2.05, 4.69) is 4.98 Å². The van der Waals surface area contributed by atoms with Crippen LogP contribution in [-0.4, -0.2) is 27.1 Å². The van der Waals surface area contributed by atoms with Gasteiger partial charge in [-0.05, 0) is 55.3 Å². The minimum absolute atomic E-state index is 0.0502. The number of aliphatic hydroxyl groups is 1. The van der Waals surface area contributed by atoms with E-state index in [1.807, 2.05) is 0 Å². The van der Waals surface area contributed by atoms with Crippen LogP contribution in [0.2, 0.25) is 0 Å². The number of alkyl halides is 9. The van der Waals surface area contributed by atoms with Crippen molar-refractivity contribution >= 4 is 17.4 Å². The molecule has 5 nitrogen and oxygen atoms in total. The SMILES string of the molecule is CC(O)c1cnc(-c2ccc(C(F)(F)F)cc2CN2C(=O)O[C@H](c3cc(C(F)(F)F)cc(C(F)(F)F)c3)[C@@H]2C)s1. The van der Waals surface area contributed by atoms with Crippen molar-refractivity contribution in [3.8, 4) is 10.6 Å². The number of thiazole rings is 1. The minimum Gasteiger partial charge on any atom is -0.439 e. The molecule has 1 aliphatic rings. The first-order valence-electron chi connectivity index (χ1n) is 11.5. The van der Waals surface area contributed by atoms with Crippen molar-refractivity contribution in [3.63, 3.8) is 0 Å². The number of amides is 1. The average Bonchev–Trinajstić information content (AvgIpc) is 3.43. The number of ether oxygens (including phenoxy) is 1. The van der Waals surface area contributed by atoms with Crippen LogP contribution in [0.15, 0.2) is 42.6 Å². The number of hydrogen-bond acceptors (Lipinski definition) is 5. The van der Waals surface area contributed by atoms with Crippen molar-refractivity contribution in [1.29, 1.82) is 0 Å². The Hall–Kier alpha value is -3.33. The number of hydrogen-bond donors (Lipinski definition) is 1. The molecule has 40 heavy (non-hydrogen) atoms. The molecule has 1 saturated heterocycles. The summed E-state index contributed by atoms with van der Waals surface area (Å²) in [5.74, 6) is 0. The van der Waals surface area contributed by atoms with Crippen molar-refractivity contribution in [2.24, 2.45) is 0 Å². The summed E-state index contributed by atoms with van der Waals surface area (Å²) in [7, 11) is 0. The zero-order valence-corrected chi connectivity index (χ0v) is 21.3. The first-order valence-corrected chi connectivity index (χ1v) is 12.3. The van der Waals surface area contributed by atoms with Crippen LogP contribution in [0.4, 0.5) is 44.3 Å². The lowest BCUT2D eigenvalue weighted by atomic mass is 9.97. The van der Waals surface area contributed by atoms with Gasteiger partial charge in [-0.2, -0.15) is 39.5 Å². The summed E-state index contributed by atoms with van der Waals surface area (Å²) in [4.78, 5) is 18.2. The first kappa shape index (κ1) is 29.6. The summed E-state index contributed by atoms with van der Waals surface area (Å²) in [6.45, 7) is 2.24. The molecule has 3 atom stereocenters. The normalized spacial score (nSPS) is 19.2. The number of aliphatic hydroxyl groups excluding tert-OH is 1. The Bertz CT molecular complexity index is 1380. The van der Waals surface area contributed by atoms with Gasteiger partial charge in [-0.15, -0.1) is 11.3 Å². The molecule has 0 bridgehead atoms. The Kier molecular flexibility index (Phi) is 7.60. The van der Waals surface area contributed by atoms with Crippen LogP contribution in [0.25, 0.3) is 10.6 Å². The van der Waals surface area contributed by atoms with Gasteiger partial charge in [0, 0.05) is 11.8 Å². The predicted molar refractivity (Wildman–Crippen MR) is 124 cm³/mol. The van der Waals surface area contributed by atoms with E-state index in [1.165, 1.54) is 20.0 Å². The smallest absolute Gasteiger partial charge is 0.416 e. The topological polar surface area (TPSA) is 62.7 Å². The third-order valence-electron chi connectivity index (χ3n) is 6.27. The highest BCUT2D eigenvalue weighted by atomic mass is 32.1. The van der Waals surface area contributed by atoms with E-state index in [0.717, 1.165) is 34.4 Å². The molecule has 1 unspecified atom stereocenters. The molecule has 2 heterocycles. The zero-order valence-electron chi connectivity index (χ0n) is 20.4. The van der Waals surface area contributed by atoms with Crippen molar-refractivity contribution in [2.45, 2.75) is 57.2 Å². The molecule has 1 aromatic heterocycles. The van der Waals surface area contributed by atoms with Gasteiger partial charge in [-0.1, -0.05) is 6.07 Å². The van der Waals surface area contributed by atoms with Gasteiger partial charge < -0.3 is 9.84 Å². The summed E-state index contributed by atoms with van der Waals surface area (Å²) in [5.41, 5.74) is -4.69. The van der Waals surface area contributed by atoms with Gasteiger partial charge in [0.25, 0.3) is 0 Å². The molecule has 0 radical (unpaired) electrons. The van der Waals surface area contributed by atoms with E-state index in [-0.39, 0.29) is 22.2 Å². The van der Waals surface area contributed by atoms with E-state index in [4.69, 9.17) is 4.74 Å². The molecule has 3 aromatic rings. The third-order valence-corrected chi connectivity index (χ3v) is 7.47. The quantitative estimate of drug-likeness (QED) is 0.303. The molecule has 1 N–H and O–H groups in total. The lowest BCUT2D eigenvalue weighted by Gasteiger charge is -2.23. The van der Waals surface area contributed by atoms with Gasteiger partial charge in [-0.25, -0.2) is 9.78 Å². The number of halogens is 9. The molecule has 1 fully saturated rings. The lowest BCUT2D eigenvalue weighted by Crippen LogP contribution is -2.32. The minimum atomic E-state index is -5.13. The Labute approximate surface area is 224 Å². The van der Waals surface area contributed by atoms with Crippen LogP contribution in [0.5, 0.6) is 0 Å². The number of rotatable bonds is 5. The second kappa shape index (κ2) is 10.3. The molecular formula is C25H19F9N2O3S. The molecular weight excluding hydrogens is 579 g/mol. The molecule has 0 saturated carbocycles. The summed E-state index contributed by atoms with van der Waals surface area (Å²) in [6, 6.07) is 2.37. The Morgan fingerprint density at radius 1 is 0.950 bits per heavy atom. The zero-order chi connectivity index (χ0) is 29.8. The van der Waals surface area contributed by atoms with Crippen LogP contribution in [0, 0.1) is 0 Å². The van der Waals surface area contributed by atoms with Gasteiger partial charge in [0.2, 0.25) is 0 Å². The van der Waals surface area contributed by atoms with E-state index in [9.17, 15) is 49.4 Å². The summed E-state index contributed by atoms with van der Waals surface area (Å²) in [5, 5.41) is 10.0. The summed E-state index contributed by atoms with van der Waals surface area (Å²) >= 11 is 0.996. The number of benzene rings is 2. The van der Waals surface area contributed by atoms with Gasteiger partial charge in [0.15, 0.2) is 0 Å². The molecule has 0 spiro atoms. The molecule has 4 rings (SSSR count). The van der Waals surface area contributed by atoms with E-state index in [1.54, 1.807) is 0 Å². The lowest BCUT2D eigenvalue weighted by molar-refractivity contribution is -0.143. The van der Waals surface area contributed by atoms with Gasteiger partial charge in [0.1, 0.15) is 11.1 Å². The molecule has 1 aliphatic heterocycles. The average molecular weight is 598 g/mol. The maximum atomic E-state index is 13.5. The van der Waals surface area contributed by atoms with Gasteiger partial charge >= 0.3 is 24.6 Å². The van der Waals surface area contributed by atoms with Crippen LogP contribution >= 0.6 is 11.3 Å². The number of carbonyl (C=O) groups is 1. The third kappa shape index (κ3) is 6.04. The highest BCUT2D eigenvalue weighted by molar-refractivity contribution is 7.15. The highest BCUT2D eigenvalue weighted by Crippen LogP contribution is 2.42. The van der Waals surface area contributed by atoms with E-state index < -0.39 is 71.7 Å². The van der Waals surface area contributed by atoms with Crippen LogP contribution in [0.3, 0.4) is 0 Å². The Morgan fingerprint density at radius 3 is 2.02 bits per heavy atom. The first-order chi connectivity index (χ1) is 18.4. The molecule has 0 aliphatic carbocycles. The van der Waals surface area contributed by atoms with Crippen molar-refractivity contribution in [2.75, 3.05) is 0 Å². The number of nitrogens with zero attached hydrogens (tertiary/aromatic N) is 2. The van der Waals surface area contributed by atoms with Crippen molar-refractivity contribution in [1.82, 2.24) is 9.88 Å². The summed E-state index contributed by atoms with van der Waals surface area (Å²) in [6.07, 6.45) is -17.3. The fourth-order valence-corrected chi connectivity index (χ4v) is 5.11. The van der Waals surface area contributed by atoms with Crippen molar-refractivity contribution in [3.05, 3.63) is 75.3 Å². The fraction of sp³-hybridized carbons (Fsp3) is 0.360. The monoisotopic (exact) mass is 598 g/mol. The predicted octanol–water partition coefficient (Wildman–Crippen LogP) is 8.00. The van der Waals surface area contributed by atoms with Crippen LogP contribution in [0.1, 0.15) is 58.7 Å². The van der Waals surface area contributed by atoms with Crippen LogP contribution < -0.4 is 0 Å². The highest BCUT2D eigenvalue weighted by Gasteiger charge is 2.43. The van der Waals surface area contributed by atoms with Gasteiger partial charge in [-0.3, -0.25) is 4.90 Å². The van der Waals surface area contributed by atoms with E-state index >= 15 is 0 Å². The van der Waals surface area contributed by atoms with Gasteiger partial charge in [0.05, 0.1) is 40.3 Å². The van der Waals surface area contributed by atoms with Crippen LogP contribution in [-0.2, 0) is 29.8 Å². The Balaban J connectivity index is 1.73. The Morgan fingerprint density at radius 2 is 1.52 bits per heavy atom. The standard InChI is InChI=1S/C25H19F9N2O3S/c1-11-20(13-5-16(24(29,30)31)8-17(6-13)25(32,33)34)39-22(38)36(11)10-14-7-15(23(26,27)28)3-4-18(14)21-35-9-19(40-21)12(2)37/h3-9,11-12,20,37H,10H2,1-2H3/t11-,12?,20-/m0/s1. The summed E-state index contributed by atoms with van der Waals surface area (Å²) < 4.78 is 126. The number of cyclic esters (lactones) is 1. The molecule has 1 amide bonds. The molecule has 15 heteroatoms. The number of carbonyl (C=O) groups excluding carboxylic acids is 1. The maximum absolute atomic E-state index is 13.5. The molecule has 2 aromatic carbocycles. The largest absolute Gasteiger partial charge is 0.439 e.